The van der Waals surface area contributed by atoms with Gasteiger partial charge in [-0.2, -0.15) is 0 Å². The lowest BCUT2D eigenvalue weighted by molar-refractivity contribution is -0.120. The highest BCUT2D eigenvalue weighted by molar-refractivity contribution is 5.78. The van der Waals surface area contributed by atoms with Crippen molar-refractivity contribution in [3.05, 3.63) is 71.9 Å². The molecular formula is C21H20N4O3. The molecule has 0 aliphatic rings. The Kier molecular flexibility index (Phi) is 4.80. The lowest BCUT2D eigenvalue weighted by Gasteiger charge is -2.04. The number of hydrogen-bond acceptors (Lipinski definition) is 5. The number of nitrogens with one attached hydrogen (secondary N) is 1. The Labute approximate surface area is 161 Å². The number of imidazole rings is 1. The summed E-state index contributed by atoms with van der Waals surface area (Å²) in [5.74, 6) is 1.26. The minimum atomic E-state index is -0.106. The lowest BCUT2D eigenvalue weighted by Crippen LogP contribution is -2.24. The van der Waals surface area contributed by atoms with Gasteiger partial charge in [0, 0.05) is 24.0 Å². The average molecular weight is 376 g/mol. The van der Waals surface area contributed by atoms with Crippen molar-refractivity contribution in [2.45, 2.75) is 19.9 Å². The largest absolute Gasteiger partial charge is 0.497 e. The summed E-state index contributed by atoms with van der Waals surface area (Å²) in [6, 6.07) is 13.3. The molecule has 7 heteroatoms. The Bertz CT molecular complexity index is 1110. The van der Waals surface area contributed by atoms with Crippen molar-refractivity contribution in [2.24, 2.45) is 0 Å². The molecule has 0 aliphatic carbocycles. The Morgan fingerprint density at radius 2 is 2.07 bits per heavy atom. The fourth-order valence-electron chi connectivity index (χ4n) is 3.04. The number of carbonyl (C=O) groups excluding carboxylic acids is 1. The molecule has 3 aromatic heterocycles. The molecule has 0 saturated carbocycles. The minimum Gasteiger partial charge on any atom is -0.497 e. The molecule has 1 amide bonds. The van der Waals surface area contributed by atoms with Gasteiger partial charge in [-0.15, -0.1) is 0 Å². The molecule has 0 bridgehead atoms. The average Bonchev–Trinajstić information content (AvgIpc) is 3.35. The van der Waals surface area contributed by atoms with Crippen molar-refractivity contribution >= 4 is 11.6 Å². The van der Waals surface area contributed by atoms with Crippen LogP contribution in [0.2, 0.25) is 0 Å². The third-order valence-electron chi connectivity index (χ3n) is 4.55. The van der Waals surface area contributed by atoms with Crippen LogP contribution in [0, 0.1) is 6.92 Å². The number of methoxy groups -OCH3 is 1. The predicted molar refractivity (Wildman–Crippen MR) is 104 cm³/mol. The summed E-state index contributed by atoms with van der Waals surface area (Å²) in [5.41, 5.74) is 4.41. The van der Waals surface area contributed by atoms with Crippen molar-refractivity contribution in [1.29, 1.82) is 0 Å². The number of aryl methyl sites for hydroxylation is 1. The van der Waals surface area contributed by atoms with E-state index in [1.165, 1.54) is 0 Å². The molecule has 0 radical (unpaired) electrons. The van der Waals surface area contributed by atoms with Crippen LogP contribution in [-0.4, -0.2) is 27.6 Å². The highest BCUT2D eigenvalue weighted by atomic mass is 16.5. The second kappa shape index (κ2) is 7.56. The maximum atomic E-state index is 12.3. The molecule has 3 heterocycles. The molecule has 4 aromatic rings. The van der Waals surface area contributed by atoms with Gasteiger partial charge in [-0.3, -0.25) is 4.79 Å². The van der Waals surface area contributed by atoms with E-state index in [1.54, 1.807) is 13.3 Å². The monoisotopic (exact) mass is 376 g/mol. The van der Waals surface area contributed by atoms with Gasteiger partial charge < -0.3 is 19.0 Å². The quantitative estimate of drug-likeness (QED) is 0.559. The Morgan fingerprint density at radius 1 is 1.25 bits per heavy atom. The molecule has 0 saturated heterocycles. The molecule has 0 aliphatic heterocycles. The molecule has 4 rings (SSSR count). The second-order valence-electron chi connectivity index (χ2n) is 6.49. The SMILES string of the molecule is COc1ccc(-c2cc(CNC(=O)Cc3cnc4c(C)cccn34)on2)cc1. The van der Waals surface area contributed by atoms with Crippen LogP contribution in [0.1, 0.15) is 17.0 Å². The number of amides is 1. The predicted octanol–water partition coefficient (Wildman–Crippen LogP) is 3.17. The van der Waals surface area contributed by atoms with Crippen molar-refractivity contribution < 1.29 is 14.1 Å². The number of hydrogen-bond donors (Lipinski definition) is 1. The standard InChI is InChI=1S/C21H20N4O3/c1-14-4-3-9-25-16(12-23-21(14)25)10-20(26)22-13-18-11-19(24-28-18)15-5-7-17(27-2)8-6-15/h3-9,11-12H,10,13H2,1-2H3,(H,22,26). The molecule has 28 heavy (non-hydrogen) atoms. The van der Waals surface area contributed by atoms with Crippen LogP contribution in [-0.2, 0) is 17.8 Å². The summed E-state index contributed by atoms with van der Waals surface area (Å²) in [5, 5.41) is 6.93. The first-order valence-corrected chi connectivity index (χ1v) is 8.92. The van der Waals surface area contributed by atoms with Crippen LogP contribution in [0.5, 0.6) is 5.75 Å². The van der Waals surface area contributed by atoms with Gasteiger partial charge in [0.1, 0.15) is 17.1 Å². The minimum absolute atomic E-state index is 0.106. The fourth-order valence-corrected chi connectivity index (χ4v) is 3.04. The van der Waals surface area contributed by atoms with Crippen LogP contribution < -0.4 is 10.1 Å². The molecule has 0 spiro atoms. The topological polar surface area (TPSA) is 81.7 Å². The molecule has 142 valence electrons. The number of fused-ring (bicyclic) bond motifs is 1. The van der Waals surface area contributed by atoms with Crippen LogP contribution in [0.3, 0.4) is 0 Å². The van der Waals surface area contributed by atoms with Gasteiger partial charge in [-0.05, 0) is 42.8 Å². The normalized spacial score (nSPS) is 10.9. The van der Waals surface area contributed by atoms with Crippen LogP contribution in [0.25, 0.3) is 16.9 Å². The van der Waals surface area contributed by atoms with Gasteiger partial charge in [0.2, 0.25) is 5.91 Å². The van der Waals surface area contributed by atoms with Crippen LogP contribution in [0.15, 0.2) is 59.4 Å². The maximum Gasteiger partial charge on any atom is 0.226 e. The number of nitrogens with zero attached hydrogens (tertiary/aromatic N) is 3. The van der Waals surface area contributed by atoms with Crippen LogP contribution in [0.4, 0.5) is 0 Å². The molecular weight excluding hydrogens is 356 g/mol. The Balaban J connectivity index is 1.38. The number of pyridine rings is 1. The Morgan fingerprint density at radius 3 is 2.86 bits per heavy atom. The molecule has 0 unspecified atom stereocenters. The van der Waals surface area contributed by atoms with E-state index < -0.39 is 0 Å². The lowest BCUT2D eigenvalue weighted by atomic mass is 10.1. The summed E-state index contributed by atoms with van der Waals surface area (Å²) in [4.78, 5) is 16.7. The number of rotatable bonds is 6. The first-order valence-electron chi connectivity index (χ1n) is 8.92. The fraction of sp³-hybridized carbons (Fsp3) is 0.190. The van der Waals surface area contributed by atoms with Crippen LogP contribution >= 0.6 is 0 Å². The number of aromatic nitrogens is 3. The van der Waals surface area contributed by atoms with Gasteiger partial charge in [0.25, 0.3) is 0 Å². The Hall–Kier alpha value is -3.61. The van der Waals surface area contributed by atoms with E-state index in [9.17, 15) is 4.79 Å². The molecule has 1 N–H and O–H groups in total. The third kappa shape index (κ3) is 3.59. The molecule has 0 fully saturated rings. The van der Waals surface area contributed by atoms with E-state index in [-0.39, 0.29) is 18.9 Å². The number of ether oxygens (including phenoxy) is 1. The van der Waals surface area contributed by atoms with E-state index in [2.05, 4.69) is 15.5 Å². The van der Waals surface area contributed by atoms with E-state index in [0.717, 1.165) is 28.2 Å². The van der Waals surface area contributed by atoms with E-state index in [0.29, 0.717) is 11.5 Å². The number of carbonyl (C=O) groups is 1. The first-order chi connectivity index (χ1) is 13.6. The summed E-state index contributed by atoms with van der Waals surface area (Å²) < 4.78 is 12.4. The summed E-state index contributed by atoms with van der Waals surface area (Å²) in [6.45, 7) is 2.27. The zero-order chi connectivity index (χ0) is 19.5. The maximum absolute atomic E-state index is 12.3. The van der Waals surface area contributed by atoms with E-state index in [1.807, 2.05) is 60.0 Å². The van der Waals surface area contributed by atoms with E-state index >= 15 is 0 Å². The van der Waals surface area contributed by atoms with Crippen molar-refractivity contribution in [1.82, 2.24) is 19.9 Å². The first kappa shape index (κ1) is 17.8. The van der Waals surface area contributed by atoms with Gasteiger partial charge in [0.05, 0.1) is 25.8 Å². The third-order valence-corrected chi connectivity index (χ3v) is 4.55. The molecule has 0 atom stereocenters. The summed E-state index contributed by atoms with van der Waals surface area (Å²) in [7, 11) is 1.62. The summed E-state index contributed by atoms with van der Waals surface area (Å²) in [6.07, 6.45) is 3.89. The van der Waals surface area contributed by atoms with Gasteiger partial charge in [0.15, 0.2) is 5.76 Å². The van der Waals surface area contributed by atoms with E-state index in [4.69, 9.17) is 9.26 Å². The zero-order valence-electron chi connectivity index (χ0n) is 15.7. The second-order valence-corrected chi connectivity index (χ2v) is 6.49. The highest BCUT2D eigenvalue weighted by Crippen LogP contribution is 2.22. The van der Waals surface area contributed by atoms with Gasteiger partial charge in [-0.1, -0.05) is 11.2 Å². The number of benzene rings is 1. The van der Waals surface area contributed by atoms with Gasteiger partial charge in [-0.25, -0.2) is 4.98 Å². The smallest absolute Gasteiger partial charge is 0.226 e. The summed E-state index contributed by atoms with van der Waals surface area (Å²) >= 11 is 0. The molecule has 7 nitrogen and oxygen atoms in total. The van der Waals surface area contributed by atoms with Gasteiger partial charge >= 0.3 is 0 Å². The highest BCUT2D eigenvalue weighted by Gasteiger charge is 2.12. The zero-order valence-corrected chi connectivity index (χ0v) is 15.7. The molecule has 1 aromatic carbocycles. The van der Waals surface area contributed by atoms with Crippen molar-refractivity contribution in [3.63, 3.8) is 0 Å². The van der Waals surface area contributed by atoms with Crippen molar-refractivity contribution in [3.8, 4) is 17.0 Å². The van der Waals surface area contributed by atoms with Crippen molar-refractivity contribution in [2.75, 3.05) is 7.11 Å².